The molecule has 0 aromatic heterocycles. The second-order valence-electron chi connectivity index (χ2n) is 5.26. The minimum Gasteiger partial charge on any atom is -0.493 e. The lowest BCUT2D eigenvalue weighted by Gasteiger charge is -2.23. The highest BCUT2D eigenvalue weighted by molar-refractivity contribution is 5.39. The average molecular weight is 247 g/mol. The molecule has 98 valence electrons. The van der Waals surface area contributed by atoms with Gasteiger partial charge in [0.1, 0.15) is 5.75 Å². The molecule has 2 heterocycles. The van der Waals surface area contributed by atoms with E-state index in [1.54, 1.807) is 0 Å². The van der Waals surface area contributed by atoms with Gasteiger partial charge < -0.3 is 14.8 Å². The lowest BCUT2D eigenvalue weighted by atomic mass is 9.98. The first kappa shape index (κ1) is 12.0. The molecule has 0 aliphatic carbocycles. The molecule has 2 aliphatic heterocycles. The normalized spacial score (nSPS) is 23.7. The Morgan fingerprint density at radius 3 is 2.83 bits per heavy atom. The van der Waals surface area contributed by atoms with Crippen LogP contribution in [0.2, 0.25) is 0 Å². The fraction of sp³-hybridized carbons (Fsp3) is 0.600. The second-order valence-corrected chi connectivity index (χ2v) is 5.26. The molecular weight excluding hydrogens is 226 g/mol. The van der Waals surface area contributed by atoms with Crippen LogP contribution in [0, 0.1) is 5.92 Å². The van der Waals surface area contributed by atoms with Gasteiger partial charge in [-0.1, -0.05) is 18.2 Å². The maximum atomic E-state index is 5.69. The van der Waals surface area contributed by atoms with E-state index >= 15 is 0 Å². The van der Waals surface area contributed by atoms with Crippen LogP contribution in [0.3, 0.4) is 0 Å². The van der Waals surface area contributed by atoms with E-state index in [1.165, 1.54) is 18.4 Å². The van der Waals surface area contributed by atoms with Gasteiger partial charge in [0.15, 0.2) is 0 Å². The molecule has 1 fully saturated rings. The van der Waals surface area contributed by atoms with Crippen LogP contribution in [0.5, 0.6) is 5.75 Å². The van der Waals surface area contributed by atoms with Crippen LogP contribution in [-0.2, 0) is 4.74 Å². The Hall–Kier alpha value is -1.06. The molecule has 3 rings (SSSR count). The van der Waals surface area contributed by atoms with Crippen LogP contribution in [0.15, 0.2) is 24.3 Å². The SMILES string of the molecule is c1ccc2c(c1)OCC2CNCC1CCOCC1. The van der Waals surface area contributed by atoms with Crippen molar-refractivity contribution in [2.24, 2.45) is 5.92 Å². The highest BCUT2D eigenvalue weighted by Gasteiger charge is 2.23. The highest BCUT2D eigenvalue weighted by Crippen LogP contribution is 2.32. The third-order valence-electron chi connectivity index (χ3n) is 3.96. The van der Waals surface area contributed by atoms with E-state index < -0.39 is 0 Å². The molecule has 1 saturated heterocycles. The molecule has 1 atom stereocenters. The number of benzene rings is 1. The summed E-state index contributed by atoms with van der Waals surface area (Å²) in [5, 5.41) is 3.60. The van der Waals surface area contributed by atoms with Gasteiger partial charge in [0.25, 0.3) is 0 Å². The largest absolute Gasteiger partial charge is 0.493 e. The van der Waals surface area contributed by atoms with Crippen molar-refractivity contribution in [2.45, 2.75) is 18.8 Å². The monoisotopic (exact) mass is 247 g/mol. The summed E-state index contributed by atoms with van der Waals surface area (Å²) >= 11 is 0. The molecule has 0 saturated carbocycles. The highest BCUT2D eigenvalue weighted by atomic mass is 16.5. The fourth-order valence-corrected chi connectivity index (χ4v) is 2.81. The number of hydrogen-bond donors (Lipinski definition) is 1. The molecule has 0 bridgehead atoms. The summed E-state index contributed by atoms with van der Waals surface area (Å²) < 4.78 is 11.1. The molecule has 1 N–H and O–H groups in total. The van der Waals surface area contributed by atoms with Crippen molar-refractivity contribution in [3.63, 3.8) is 0 Å². The van der Waals surface area contributed by atoms with E-state index in [1.807, 2.05) is 6.07 Å². The first-order valence-electron chi connectivity index (χ1n) is 6.93. The average Bonchev–Trinajstić information content (AvgIpc) is 2.84. The Morgan fingerprint density at radius 2 is 1.94 bits per heavy atom. The van der Waals surface area contributed by atoms with Crippen molar-refractivity contribution >= 4 is 0 Å². The topological polar surface area (TPSA) is 30.5 Å². The molecule has 2 aliphatic rings. The van der Waals surface area contributed by atoms with Gasteiger partial charge >= 0.3 is 0 Å². The summed E-state index contributed by atoms with van der Waals surface area (Å²) in [6.07, 6.45) is 2.40. The first-order chi connectivity index (χ1) is 8.93. The van der Waals surface area contributed by atoms with Gasteiger partial charge in [-0.15, -0.1) is 0 Å². The van der Waals surface area contributed by atoms with Crippen LogP contribution < -0.4 is 10.1 Å². The standard InChI is InChI=1S/C15H21NO2/c1-2-4-15-14(3-1)13(11-18-15)10-16-9-12-5-7-17-8-6-12/h1-4,12-13,16H,5-11H2. The Balaban J connectivity index is 1.47. The predicted molar refractivity (Wildman–Crippen MR) is 71.1 cm³/mol. The Morgan fingerprint density at radius 1 is 1.11 bits per heavy atom. The van der Waals surface area contributed by atoms with Crippen molar-refractivity contribution in [2.75, 3.05) is 32.9 Å². The van der Waals surface area contributed by atoms with Crippen LogP contribution in [-0.4, -0.2) is 32.9 Å². The van der Waals surface area contributed by atoms with E-state index in [0.717, 1.165) is 44.6 Å². The maximum absolute atomic E-state index is 5.69. The second kappa shape index (κ2) is 5.72. The third kappa shape index (κ3) is 2.68. The zero-order valence-electron chi connectivity index (χ0n) is 10.7. The lowest BCUT2D eigenvalue weighted by Crippen LogP contribution is -2.31. The van der Waals surface area contributed by atoms with Crippen LogP contribution in [0.1, 0.15) is 24.3 Å². The molecule has 3 heteroatoms. The molecule has 1 unspecified atom stereocenters. The van der Waals surface area contributed by atoms with Gasteiger partial charge in [-0.2, -0.15) is 0 Å². The number of fused-ring (bicyclic) bond motifs is 1. The number of rotatable bonds is 4. The fourth-order valence-electron chi connectivity index (χ4n) is 2.81. The predicted octanol–water partition coefficient (Wildman–Crippen LogP) is 2.18. The summed E-state index contributed by atoms with van der Waals surface area (Å²) in [5.74, 6) is 2.37. The Labute approximate surface area is 108 Å². The number of nitrogens with one attached hydrogen (secondary N) is 1. The van der Waals surface area contributed by atoms with E-state index in [-0.39, 0.29) is 0 Å². The summed E-state index contributed by atoms with van der Waals surface area (Å²) in [4.78, 5) is 0. The number of ether oxygens (including phenoxy) is 2. The van der Waals surface area contributed by atoms with E-state index in [9.17, 15) is 0 Å². The van der Waals surface area contributed by atoms with E-state index in [2.05, 4.69) is 23.5 Å². The zero-order valence-corrected chi connectivity index (χ0v) is 10.7. The van der Waals surface area contributed by atoms with Gasteiger partial charge in [0.05, 0.1) is 6.61 Å². The van der Waals surface area contributed by atoms with Gasteiger partial charge in [-0.05, 0) is 31.4 Å². The third-order valence-corrected chi connectivity index (χ3v) is 3.96. The van der Waals surface area contributed by atoms with Gasteiger partial charge in [-0.25, -0.2) is 0 Å². The van der Waals surface area contributed by atoms with Crippen molar-refractivity contribution < 1.29 is 9.47 Å². The minimum atomic E-state index is 0.515. The van der Waals surface area contributed by atoms with E-state index in [0.29, 0.717) is 5.92 Å². The number of para-hydroxylation sites is 1. The summed E-state index contributed by atoms with van der Waals surface area (Å²) in [7, 11) is 0. The van der Waals surface area contributed by atoms with Crippen LogP contribution >= 0.6 is 0 Å². The van der Waals surface area contributed by atoms with Crippen molar-refractivity contribution in [1.82, 2.24) is 5.32 Å². The Bertz CT molecular complexity index is 388. The zero-order chi connectivity index (χ0) is 12.2. The summed E-state index contributed by atoms with van der Waals surface area (Å²) in [6, 6.07) is 8.38. The molecule has 1 aromatic rings. The Kier molecular flexibility index (Phi) is 3.81. The molecular formula is C15H21NO2. The number of hydrogen-bond acceptors (Lipinski definition) is 3. The van der Waals surface area contributed by atoms with Gasteiger partial charge in [0.2, 0.25) is 0 Å². The van der Waals surface area contributed by atoms with E-state index in [4.69, 9.17) is 9.47 Å². The molecule has 0 spiro atoms. The van der Waals surface area contributed by atoms with Crippen LogP contribution in [0.4, 0.5) is 0 Å². The van der Waals surface area contributed by atoms with Crippen molar-refractivity contribution in [3.8, 4) is 5.75 Å². The van der Waals surface area contributed by atoms with Crippen molar-refractivity contribution in [1.29, 1.82) is 0 Å². The summed E-state index contributed by atoms with van der Waals surface area (Å²) in [6.45, 7) is 4.82. The summed E-state index contributed by atoms with van der Waals surface area (Å²) in [5.41, 5.74) is 1.36. The van der Waals surface area contributed by atoms with Gasteiger partial charge in [0, 0.05) is 31.2 Å². The van der Waals surface area contributed by atoms with Gasteiger partial charge in [-0.3, -0.25) is 0 Å². The first-order valence-corrected chi connectivity index (χ1v) is 6.93. The van der Waals surface area contributed by atoms with Crippen LogP contribution in [0.25, 0.3) is 0 Å². The quantitative estimate of drug-likeness (QED) is 0.884. The molecule has 1 aromatic carbocycles. The molecule has 0 radical (unpaired) electrons. The van der Waals surface area contributed by atoms with Crippen molar-refractivity contribution in [3.05, 3.63) is 29.8 Å². The molecule has 3 nitrogen and oxygen atoms in total. The smallest absolute Gasteiger partial charge is 0.122 e. The maximum Gasteiger partial charge on any atom is 0.122 e. The molecule has 0 amide bonds. The molecule has 18 heavy (non-hydrogen) atoms. The minimum absolute atomic E-state index is 0.515. The lowest BCUT2D eigenvalue weighted by molar-refractivity contribution is 0.0662.